The first-order valence-electron chi connectivity index (χ1n) is 1.29. The van der Waals surface area contributed by atoms with Gasteiger partial charge >= 0.3 is 0 Å². The monoisotopic (exact) mass is 101 g/mol. The van der Waals surface area contributed by atoms with Crippen LogP contribution < -0.4 is 0 Å². The van der Waals surface area contributed by atoms with Crippen LogP contribution in [0.25, 0.3) is 0 Å². The van der Waals surface area contributed by atoms with Crippen LogP contribution in [0, 0.1) is 11.3 Å². The van der Waals surface area contributed by atoms with Crippen LogP contribution >= 0.6 is 11.8 Å². The van der Waals surface area contributed by atoms with Crippen LogP contribution in [0.5, 0.6) is 0 Å². The molecule has 0 spiro atoms. The second-order valence-electron chi connectivity index (χ2n) is 0.603. The minimum absolute atomic E-state index is 0.435. The normalized spacial score (nSPS) is 6.67. The number of carbonyl (C=O) groups is 1. The van der Waals surface area contributed by atoms with Crippen molar-refractivity contribution in [2.45, 2.75) is 0 Å². The summed E-state index contributed by atoms with van der Waals surface area (Å²) in [7, 11) is 0. The minimum atomic E-state index is -0.435. The van der Waals surface area contributed by atoms with Crippen molar-refractivity contribution in [2.75, 3.05) is 6.26 Å². The van der Waals surface area contributed by atoms with Crippen molar-refractivity contribution < 1.29 is 4.79 Å². The van der Waals surface area contributed by atoms with Crippen LogP contribution in [0.1, 0.15) is 0 Å². The Hall–Kier alpha value is -0.490. The SMILES string of the molecule is CSC(=O)C#N. The third-order valence-electron chi connectivity index (χ3n) is 0.277. The average molecular weight is 101 g/mol. The number of hydrogen-bond donors (Lipinski definition) is 0. The Morgan fingerprint density at radius 3 is 2.50 bits per heavy atom. The van der Waals surface area contributed by atoms with E-state index in [1.165, 1.54) is 6.07 Å². The predicted octanol–water partition coefficient (Wildman–Crippen LogP) is 0.400. The molecule has 0 bridgehead atoms. The van der Waals surface area contributed by atoms with Gasteiger partial charge in [0.2, 0.25) is 0 Å². The Kier molecular flexibility index (Phi) is 2.51. The van der Waals surface area contributed by atoms with Gasteiger partial charge in [-0.1, -0.05) is 11.8 Å². The number of nitriles is 1. The molecule has 0 heterocycles. The van der Waals surface area contributed by atoms with E-state index in [4.69, 9.17) is 5.26 Å². The maximum atomic E-state index is 9.78. The molecule has 0 N–H and O–H groups in total. The zero-order chi connectivity index (χ0) is 4.99. The van der Waals surface area contributed by atoms with Crippen LogP contribution in [-0.4, -0.2) is 11.4 Å². The van der Waals surface area contributed by atoms with E-state index in [9.17, 15) is 4.79 Å². The summed E-state index contributed by atoms with van der Waals surface area (Å²) in [4.78, 5) is 9.78. The van der Waals surface area contributed by atoms with E-state index < -0.39 is 5.12 Å². The number of carbonyl (C=O) groups excluding carboxylic acids is 1. The van der Waals surface area contributed by atoms with Gasteiger partial charge in [-0.2, -0.15) is 5.26 Å². The summed E-state index contributed by atoms with van der Waals surface area (Å²) in [5, 5.41) is 7.28. The van der Waals surface area contributed by atoms with Crippen molar-refractivity contribution in [3.63, 3.8) is 0 Å². The summed E-state index contributed by atoms with van der Waals surface area (Å²) in [5.41, 5.74) is 0. The van der Waals surface area contributed by atoms with Crippen LogP contribution in [0.2, 0.25) is 0 Å². The number of nitrogens with zero attached hydrogens (tertiary/aromatic N) is 1. The molecule has 2 nitrogen and oxygen atoms in total. The van der Waals surface area contributed by atoms with Gasteiger partial charge in [0.1, 0.15) is 0 Å². The third-order valence-corrected chi connectivity index (χ3v) is 0.739. The topological polar surface area (TPSA) is 40.9 Å². The summed E-state index contributed by atoms with van der Waals surface area (Å²) in [5.74, 6) is 0. The highest BCUT2D eigenvalue weighted by molar-refractivity contribution is 8.13. The van der Waals surface area contributed by atoms with Crippen molar-refractivity contribution in [1.82, 2.24) is 0 Å². The van der Waals surface area contributed by atoms with E-state index in [1.807, 2.05) is 0 Å². The molecule has 0 aliphatic rings. The zero-order valence-corrected chi connectivity index (χ0v) is 4.08. The first-order valence-corrected chi connectivity index (χ1v) is 2.51. The number of thioether (sulfide) groups is 1. The van der Waals surface area contributed by atoms with Crippen molar-refractivity contribution in [3.8, 4) is 6.07 Å². The van der Waals surface area contributed by atoms with Crippen molar-refractivity contribution in [1.29, 1.82) is 5.26 Å². The number of hydrogen-bond acceptors (Lipinski definition) is 3. The second-order valence-corrected chi connectivity index (χ2v) is 1.38. The molecule has 0 saturated carbocycles. The third kappa shape index (κ3) is 1.79. The van der Waals surface area contributed by atoms with Crippen molar-refractivity contribution >= 4 is 16.9 Å². The maximum Gasteiger partial charge on any atom is 0.288 e. The van der Waals surface area contributed by atoms with Gasteiger partial charge in [-0.05, 0) is 6.26 Å². The molecule has 0 atom stereocenters. The van der Waals surface area contributed by atoms with Crippen LogP contribution in [0.3, 0.4) is 0 Å². The summed E-state index contributed by atoms with van der Waals surface area (Å²) < 4.78 is 0. The van der Waals surface area contributed by atoms with Gasteiger partial charge in [-0.3, -0.25) is 4.79 Å². The van der Waals surface area contributed by atoms with E-state index in [-0.39, 0.29) is 0 Å². The Balaban J connectivity index is 3.33. The largest absolute Gasteiger partial charge is 0.288 e. The molecular formula is C3H3NOS. The first-order chi connectivity index (χ1) is 2.81. The Morgan fingerprint density at radius 1 is 2.00 bits per heavy atom. The molecule has 6 heavy (non-hydrogen) atoms. The molecule has 0 radical (unpaired) electrons. The number of rotatable bonds is 0. The summed E-state index contributed by atoms with van der Waals surface area (Å²) >= 11 is 0.925. The van der Waals surface area contributed by atoms with Crippen LogP contribution in [-0.2, 0) is 4.79 Å². The predicted molar refractivity (Wildman–Crippen MR) is 24.1 cm³/mol. The standard InChI is InChI=1S/C3H3NOS/c1-6-3(5)2-4/h1H3. The zero-order valence-electron chi connectivity index (χ0n) is 3.26. The van der Waals surface area contributed by atoms with Crippen LogP contribution in [0.15, 0.2) is 0 Å². The van der Waals surface area contributed by atoms with Gasteiger partial charge in [0.15, 0.2) is 6.07 Å². The lowest BCUT2D eigenvalue weighted by atomic mass is 10.9. The minimum Gasteiger partial charge on any atom is -0.270 e. The molecule has 0 unspecified atom stereocenters. The molecule has 0 amide bonds. The molecule has 0 aromatic carbocycles. The van der Waals surface area contributed by atoms with Crippen molar-refractivity contribution in [3.05, 3.63) is 0 Å². The molecule has 0 aliphatic heterocycles. The quantitative estimate of drug-likeness (QED) is 0.415. The average Bonchev–Trinajstić information content (AvgIpc) is 1.65. The Morgan fingerprint density at radius 2 is 2.50 bits per heavy atom. The summed E-state index contributed by atoms with van der Waals surface area (Å²) in [6.45, 7) is 0. The van der Waals surface area contributed by atoms with Crippen LogP contribution in [0.4, 0.5) is 0 Å². The van der Waals surface area contributed by atoms with Gasteiger partial charge in [0, 0.05) is 0 Å². The molecular weight excluding hydrogens is 98.1 g/mol. The van der Waals surface area contributed by atoms with Gasteiger partial charge < -0.3 is 0 Å². The summed E-state index contributed by atoms with van der Waals surface area (Å²) in [6.07, 6.45) is 1.57. The van der Waals surface area contributed by atoms with E-state index in [0.717, 1.165) is 11.8 Å². The molecule has 0 rings (SSSR count). The first kappa shape index (κ1) is 5.51. The van der Waals surface area contributed by atoms with E-state index in [0.29, 0.717) is 0 Å². The Bertz CT molecular complexity index is 93.5. The fraction of sp³-hybridized carbons (Fsp3) is 0.333. The van der Waals surface area contributed by atoms with Crippen molar-refractivity contribution in [2.24, 2.45) is 0 Å². The van der Waals surface area contributed by atoms with Gasteiger partial charge in [0.25, 0.3) is 5.12 Å². The highest BCUT2D eigenvalue weighted by atomic mass is 32.2. The molecule has 0 saturated heterocycles. The molecule has 0 aromatic rings. The second kappa shape index (κ2) is 2.73. The highest BCUT2D eigenvalue weighted by Gasteiger charge is 1.87. The van der Waals surface area contributed by atoms with E-state index >= 15 is 0 Å². The highest BCUT2D eigenvalue weighted by Crippen LogP contribution is 1.88. The lowest BCUT2D eigenvalue weighted by molar-refractivity contribution is -0.106. The van der Waals surface area contributed by atoms with Gasteiger partial charge in [0.05, 0.1) is 0 Å². The maximum absolute atomic E-state index is 9.78. The van der Waals surface area contributed by atoms with Gasteiger partial charge in [-0.15, -0.1) is 0 Å². The fourth-order valence-corrected chi connectivity index (χ4v) is 0.137. The van der Waals surface area contributed by atoms with E-state index in [2.05, 4.69) is 0 Å². The fourth-order valence-electron chi connectivity index (χ4n) is 0.0456. The van der Waals surface area contributed by atoms with E-state index in [1.54, 1.807) is 6.26 Å². The lowest BCUT2D eigenvalue weighted by Gasteiger charge is -1.68. The smallest absolute Gasteiger partial charge is 0.270 e. The molecule has 3 heteroatoms. The molecule has 0 fully saturated rings. The molecule has 32 valence electrons. The van der Waals surface area contributed by atoms with Gasteiger partial charge in [-0.25, -0.2) is 0 Å². The summed E-state index contributed by atoms with van der Waals surface area (Å²) in [6, 6.07) is 1.44. The Labute approximate surface area is 40.1 Å². The molecule has 0 aliphatic carbocycles. The lowest BCUT2D eigenvalue weighted by Crippen LogP contribution is -1.77. The molecule has 0 aromatic heterocycles.